The minimum absolute atomic E-state index is 0.0618. The first-order valence-electron chi connectivity index (χ1n) is 10.8. The van der Waals surface area contributed by atoms with Crippen molar-refractivity contribution >= 4 is 11.6 Å². The molecular formula is C22H32N5O3+. The second kappa shape index (κ2) is 9.84. The number of nitrogens with zero attached hydrogens (tertiary/aromatic N) is 3. The van der Waals surface area contributed by atoms with Crippen molar-refractivity contribution in [2.75, 3.05) is 19.6 Å². The van der Waals surface area contributed by atoms with Crippen LogP contribution in [0.2, 0.25) is 0 Å². The molecule has 0 aliphatic carbocycles. The number of hydrogen-bond donors (Lipinski definition) is 2. The zero-order valence-electron chi connectivity index (χ0n) is 18.1. The highest BCUT2D eigenvalue weighted by Gasteiger charge is 2.22. The van der Waals surface area contributed by atoms with E-state index in [1.165, 1.54) is 25.8 Å². The Morgan fingerprint density at radius 3 is 2.67 bits per heavy atom. The van der Waals surface area contributed by atoms with Crippen molar-refractivity contribution in [1.82, 2.24) is 15.1 Å². The molecule has 0 bridgehead atoms. The van der Waals surface area contributed by atoms with Gasteiger partial charge >= 0.3 is 5.69 Å². The van der Waals surface area contributed by atoms with Gasteiger partial charge in [0.05, 0.1) is 30.6 Å². The fourth-order valence-corrected chi connectivity index (χ4v) is 4.28. The topological polar surface area (TPSA) is 94.5 Å². The molecule has 1 aliphatic heterocycles. The number of nitrogens with one attached hydrogen (secondary N) is 2. The van der Waals surface area contributed by atoms with Gasteiger partial charge in [-0.2, -0.15) is 5.10 Å². The van der Waals surface area contributed by atoms with Gasteiger partial charge in [0.15, 0.2) is 0 Å². The number of benzene rings is 1. The molecule has 0 radical (unpaired) electrons. The lowest BCUT2D eigenvalue weighted by Gasteiger charge is -2.30. The first-order chi connectivity index (χ1) is 14.4. The van der Waals surface area contributed by atoms with E-state index in [1.54, 1.807) is 35.6 Å². The molecule has 162 valence electrons. The summed E-state index contributed by atoms with van der Waals surface area (Å²) in [5.74, 6) is -0.0648. The van der Waals surface area contributed by atoms with Crippen LogP contribution in [0, 0.1) is 24.0 Å². The molecule has 1 amide bonds. The molecule has 2 heterocycles. The van der Waals surface area contributed by atoms with Crippen LogP contribution < -0.4 is 10.2 Å². The second-order valence-corrected chi connectivity index (χ2v) is 8.30. The third kappa shape index (κ3) is 5.24. The van der Waals surface area contributed by atoms with Gasteiger partial charge in [0, 0.05) is 18.5 Å². The zero-order valence-corrected chi connectivity index (χ0v) is 18.1. The molecule has 1 aliphatic rings. The average molecular weight is 415 g/mol. The summed E-state index contributed by atoms with van der Waals surface area (Å²) in [6, 6.07) is 8.06. The Morgan fingerprint density at radius 1 is 1.30 bits per heavy atom. The molecule has 0 spiro atoms. The van der Waals surface area contributed by atoms with Crippen molar-refractivity contribution in [3.8, 4) is 0 Å². The number of piperidine rings is 1. The molecule has 1 fully saturated rings. The maximum absolute atomic E-state index is 12.4. The fourth-order valence-electron chi connectivity index (χ4n) is 4.28. The molecule has 8 nitrogen and oxygen atoms in total. The van der Waals surface area contributed by atoms with Crippen molar-refractivity contribution < 1.29 is 14.6 Å². The van der Waals surface area contributed by atoms with Crippen LogP contribution in [0.25, 0.3) is 0 Å². The summed E-state index contributed by atoms with van der Waals surface area (Å²) in [7, 11) is 0. The number of likely N-dealkylation sites (tertiary alicyclic amines) is 1. The van der Waals surface area contributed by atoms with E-state index in [4.69, 9.17) is 0 Å². The molecular weight excluding hydrogens is 382 g/mol. The maximum atomic E-state index is 12.4. The lowest BCUT2D eigenvalue weighted by Crippen LogP contribution is -3.16. The lowest BCUT2D eigenvalue weighted by atomic mass is 10.0. The number of carbonyl (C=O) groups excluding carboxylic acids is 1. The summed E-state index contributed by atoms with van der Waals surface area (Å²) in [4.78, 5) is 24.8. The molecule has 0 saturated carbocycles. The molecule has 8 heteroatoms. The summed E-state index contributed by atoms with van der Waals surface area (Å²) in [6.45, 7) is 9.13. The molecule has 1 saturated heterocycles. The van der Waals surface area contributed by atoms with E-state index < -0.39 is 4.92 Å². The molecule has 30 heavy (non-hydrogen) atoms. The number of amides is 1. The minimum Gasteiger partial charge on any atom is -0.352 e. The van der Waals surface area contributed by atoms with Crippen molar-refractivity contribution in [3.63, 3.8) is 0 Å². The predicted octanol–water partition coefficient (Wildman–Crippen LogP) is 2.03. The maximum Gasteiger partial charge on any atom is 0.312 e. The van der Waals surface area contributed by atoms with Crippen LogP contribution in [0.5, 0.6) is 0 Å². The number of quaternary nitrogens is 1. The van der Waals surface area contributed by atoms with Crippen LogP contribution in [-0.2, 0) is 6.54 Å². The Morgan fingerprint density at radius 2 is 2.03 bits per heavy atom. The van der Waals surface area contributed by atoms with E-state index in [-0.39, 0.29) is 11.6 Å². The number of aryl methyl sites for hydroxylation is 1. The van der Waals surface area contributed by atoms with Gasteiger partial charge in [0.1, 0.15) is 11.4 Å². The van der Waals surface area contributed by atoms with Crippen LogP contribution >= 0.6 is 0 Å². The largest absolute Gasteiger partial charge is 0.352 e. The van der Waals surface area contributed by atoms with Crippen molar-refractivity contribution in [2.24, 2.45) is 0 Å². The second-order valence-electron chi connectivity index (χ2n) is 8.30. The Bertz CT molecular complexity index is 891. The summed E-state index contributed by atoms with van der Waals surface area (Å²) >= 11 is 0. The van der Waals surface area contributed by atoms with E-state index in [1.807, 2.05) is 12.1 Å². The lowest BCUT2D eigenvalue weighted by molar-refractivity contribution is -0.928. The summed E-state index contributed by atoms with van der Waals surface area (Å²) in [6.07, 6.45) is 4.94. The standard InChI is InChI=1S/C22H31N5O3/c1-16-7-4-5-13-25(16)14-6-12-23-22(28)20-10-8-19(9-11-20)15-26-18(3)21(27(29)30)17(2)24-26/h8-11,16H,4-7,12-15H2,1-3H3,(H,23,28)/p+1/t16-/m0/s1. The zero-order chi connectivity index (χ0) is 21.7. The Kier molecular flexibility index (Phi) is 7.20. The summed E-state index contributed by atoms with van der Waals surface area (Å²) in [5, 5.41) is 18.4. The van der Waals surface area contributed by atoms with Crippen molar-refractivity contribution in [2.45, 2.75) is 59.0 Å². The fraction of sp³-hybridized carbons (Fsp3) is 0.545. The monoisotopic (exact) mass is 414 g/mol. The average Bonchev–Trinajstić information content (AvgIpc) is 3.00. The Hall–Kier alpha value is -2.74. The Balaban J connectivity index is 1.50. The predicted molar refractivity (Wildman–Crippen MR) is 115 cm³/mol. The molecule has 1 aromatic heterocycles. The van der Waals surface area contributed by atoms with Gasteiger partial charge in [-0.15, -0.1) is 0 Å². The summed E-state index contributed by atoms with van der Waals surface area (Å²) in [5.41, 5.74) is 2.57. The highest BCUT2D eigenvalue weighted by molar-refractivity contribution is 5.94. The van der Waals surface area contributed by atoms with Crippen LogP contribution in [-0.4, -0.2) is 46.3 Å². The molecule has 1 aromatic carbocycles. The first kappa shape index (κ1) is 22.0. The van der Waals surface area contributed by atoms with Crippen LogP contribution in [0.15, 0.2) is 24.3 Å². The molecule has 1 unspecified atom stereocenters. The van der Waals surface area contributed by atoms with Gasteiger partial charge in [0.2, 0.25) is 0 Å². The van der Waals surface area contributed by atoms with Crippen molar-refractivity contribution in [3.05, 3.63) is 56.9 Å². The van der Waals surface area contributed by atoms with Gasteiger partial charge in [-0.05, 0) is 57.7 Å². The van der Waals surface area contributed by atoms with Crippen LogP contribution in [0.1, 0.15) is 59.9 Å². The normalized spacial score (nSPS) is 18.9. The van der Waals surface area contributed by atoms with Gasteiger partial charge in [0.25, 0.3) is 5.91 Å². The van der Waals surface area contributed by atoms with E-state index in [0.29, 0.717) is 30.0 Å². The van der Waals surface area contributed by atoms with Gasteiger partial charge in [-0.3, -0.25) is 19.6 Å². The highest BCUT2D eigenvalue weighted by Crippen LogP contribution is 2.22. The quantitative estimate of drug-likeness (QED) is 0.393. The number of rotatable bonds is 8. The smallest absolute Gasteiger partial charge is 0.312 e. The van der Waals surface area contributed by atoms with Gasteiger partial charge < -0.3 is 10.2 Å². The van der Waals surface area contributed by atoms with Crippen LogP contribution in [0.3, 0.4) is 0 Å². The highest BCUT2D eigenvalue weighted by atomic mass is 16.6. The number of nitro groups is 1. The van der Waals surface area contributed by atoms with E-state index in [0.717, 1.165) is 24.6 Å². The van der Waals surface area contributed by atoms with Gasteiger partial charge in [-0.25, -0.2) is 0 Å². The van der Waals surface area contributed by atoms with Crippen LogP contribution in [0.4, 0.5) is 5.69 Å². The SMILES string of the molecule is Cc1nn(Cc2ccc(C(=O)NCCC[NH+]3CCCC[C@@H]3C)cc2)c(C)c1[N+](=O)[O-]. The number of aromatic nitrogens is 2. The molecule has 2 aromatic rings. The van der Waals surface area contributed by atoms with Crippen molar-refractivity contribution in [1.29, 1.82) is 0 Å². The van der Waals surface area contributed by atoms with E-state index in [2.05, 4.69) is 17.3 Å². The number of hydrogen-bond acceptors (Lipinski definition) is 4. The van der Waals surface area contributed by atoms with E-state index in [9.17, 15) is 14.9 Å². The van der Waals surface area contributed by atoms with Gasteiger partial charge in [-0.1, -0.05) is 12.1 Å². The first-order valence-corrected chi connectivity index (χ1v) is 10.8. The molecule has 3 rings (SSSR count). The number of carbonyl (C=O) groups is 1. The summed E-state index contributed by atoms with van der Waals surface area (Å²) < 4.78 is 1.63. The third-order valence-corrected chi connectivity index (χ3v) is 6.12. The third-order valence-electron chi connectivity index (χ3n) is 6.12. The van der Waals surface area contributed by atoms with E-state index >= 15 is 0 Å². The molecule has 2 atom stereocenters. The minimum atomic E-state index is -0.394. The molecule has 2 N–H and O–H groups in total. The Labute approximate surface area is 177 Å².